The van der Waals surface area contributed by atoms with E-state index in [4.69, 9.17) is 0 Å². The zero-order valence-electron chi connectivity index (χ0n) is 14.6. The van der Waals surface area contributed by atoms with E-state index < -0.39 is 30.5 Å². The molecule has 0 N–H and O–H groups in total. The number of carbonyl (C=O) groups is 1. The molecule has 0 heterocycles. The third kappa shape index (κ3) is 3.62. The van der Waals surface area contributed by atoms with Gasteiger partial charge in [-0.1, -0.05) is 48.5 Å². The summed E-state index contributed by atoms with van der Waals surface area (Å²) in [5, 5.41) is 14.4. The number of halogens is 6. The number of alkyl halides is 6. The summed E-state index contributed by atoms with van der Waals surface area (Å²) in [5.74, 6) is -2.91. The molecule has 0 saturated carbocycles. The Morgan fingerprint density at radius 2 is 1.28 bits per heavy atom. The Morgan fingerprint density at radius 3 is 1.72 bits per heavy atom. The van der Waals surface area contributed by atoms with Crippen LogP contribution in [-0.2, 0) is 16.0 Å². The molecule has 3 aromatic rings. The summed E-state index contributed by atoms with van der Waals surface area (Å²) < 4.78 is 80.3. The minimum Gasteiger partial charge on any atom is -0.828 e. The highest BCUT2D eigenvalue weighted by Gasteiger charge is 2.68. The molecule has 0 amide bonds. The maximum absolute atomic E-state index is 12.7. The van der Waals surface area contributed by atoms with Gasteiger partial charge in [-0.05, 0) is 33.2 Å². The molecule has 0 saturated heterocycles. The molecule has 0 aromatic heterocycles. The van der Waals surface area contributed by atoms with E-state index in [1.807, 2.05) is 6.07 Å². The average molecular weight is 415 g/mol. The molecule has 0 aliphatic carbocycles. The van der Waals surface area contributed by atoms with Crippen LogP contribution in [0, 0.1) is 0 Å². The van der Waals surface area contributed by atoms with E-state index in [2.05, 4.69) is 4.74 Å². The standard InChI is InChI=1S/C20H13F6O3/c21-19(22,23)18(28,20(24,25)26)17(27)29-10-9-16-14-7-3-1-5-12(14)11-13-6-2-4-8-15(13)16/h1-8,11H,9-10H2/q-1. The first-order valence-electron chi connectivity index (χ1n) is 8.37. The van der Waals surface area contributed by atoms with Gasteiger partial charge in [-0.3, -0.25) is 4.79 Å². The molecule has 0 atom stereocenters. The van der Waals surface area contributed by atoms with E-state index in [0.717, 1.165) is 10.8 Å². The first kappa shape index (κ1) is 20.9. The number of rotatable bonds is 4. The van der Waals surface area contributed by atoms with Crippen LogP contribution >= 0.6 is 0 Å². The van der Waals surface area contributed by atoms with Crippen molar-refractivity contribution in [2.75, 3.05) is 6.61 Å². The summed E-state index contributed by atoms with van der Waals surface area (Å²) in [4.78, 5) is 11.5. The normalized spacial score (nSPS) is 13.1. The van der Waals surface area contributed by atoms with Crippen molar-refractivity contribution in [3.63, 3.8) is 0 Å². The predicted octanol–water partition coefficient (Wildman–Crippen LogP) is 4.30. The van der Waals surface area contributed by atoms with Crippen molar-refractivity contribution in [2.24, 2.45) is 0 Å². The number of hydrogen-bond acceptors (Lipinski definition) is 3. The van der Waals surface area contributed by atoms with Crippen LogP contribution in [0.1, 0.15) is 5.56 Å². The number of fused-ring (bicyclic) bond motifs is 2. The summed E-state index contributed by atoms with van der Waals surface area (Å²) in [6.45, 7) is -0.813. The number of ether oxygens (including phenoxy) is 1. The highest BCUT2D eigenvalue weighted by molar-refractivity contribution is 6.02. The first-order valence-corrected chi connectivity index (χ1v) is 8.37. The fourth-order valence-corrected chi connectivity index (χ4v) is 3.12. The van der Waals surface area contributed by atoms with Crippen LogP contribution in [0.15, 0.2) is 54.6 Å². The molecule has 3 rings (SSSR count). The third-order valence-corrected chi connectivity index (χ3v) is 4.55. The summed E-state index contributed by atoms with van der Waals surface area (Å²) in [5.41, 5.74) is -5.25. The van der Waals surface area contributed by atoms with Crippen molar-refractivity contribution < 1.29 is 41.0 Å². The molecule has 154 valence electrons. The molecule has 0 unspecified atom stereocenters. The second kappa shape index (κ2) is 7.22. The van der Waals surface area contributed by atoms with Gasteiger partial charge in [0, 0.05) is 6.42 Å². The zero-order valence-corrected chi connectivity index (χ0v) is 14.6. The molecule has 0 aliphatic heterocycles. The van der Waals surface area contributed by atoms with Crippen LogP contribution in [-0.4, -0.2) is 30.5 Å². The Labute approximate surface area is 160 Å². The lowest BCUT2D eigenvalue weighted by molar-refractivity contribution is -0.574. The molecule has 0 radical (unpaired) electrons. The molecule has 0 fully saturated rings. The second-order valence-corrected chi connectivity index (χ2v) is 6.36. The summed E-state index contributed by atoms with van der Waals surface area (Å²) in [6, 6.07) is 16.0. The molecule has 0 bridgehead atoms. The minimum atomic E-state index is -6.38. The fraction of sp³-hybridized carbons (Fsp3) is 0.250. The van der Waals surface area contributed by atoms with Gasteiger partial charge in [0.25, 0.3) is 0 Å². The second-order valence-electron chi connectivity index (χ2n) is 6.36. The Balaban J connectivity index is 1.90. The number of esters is 1. The van der Waals surface area contributed by atoms with Crippen molar-refractivity contribution in [2.45, 2.75) is 24.4 Å². The lowest BCUT2D eigenvalue weighted by atomic mass is 9.95. The number of benzene rings is 3. The number of hydrogen-bond donors (Lipinski definition) is 0. The smallest absolute Gasteiger partial charge is 0.399 e. The van der Waals surface area contributed by atoms with Crippen LogP contribution in [0.5, 0.6) is 0 Å². The van der Waals surface area contributed by atoms with Gasteiger partial charge in [0.05, 0.1) is 6.61 Å². The van der Waals surface area contributed by atoms with Gasteiger partial charge in [-0.2, -0.15) is 26.3 Å². The molecule has 0 aliphatic rings. The van der Waals surface area contributed by atoms with Crippen molar-refractivity contribution >= 4 is 27.5 Å². The van der Waals surface area contributed by atoms with Crippen molar-refractivity contribution in [3.05, 3.63) is 60.2 Å². The van der Waals surface area contributed by atoms with Crippen molar-refractivity contribution in [1.29, 1.82) is 0 Å². The van der Waals surface area contributed by atoms with E-state index >= 15 is 0 Å². The third-order valence-electron chi connectivity index (χ3n) is 4.55. The quantitative estimate of drug-likeness (QED) is 0.363. The lowest BCUT2D eigenvalue weighted by Crippen LogP contribution is -2.71. The molecule has 3 nitrogen and oxygen atoms in total. The lowest BCUT2D eigenvalue weighted by Gasteiger charge is -2.40. The van der Waals surface area contributed by atoms with Crippen molar-refractivity contribution in [3.8, 4) is 0 Å². The van der Waals surface area contributed by atoms with Crippen LogP contribution in [0.3, 0.4) is 0 Å². The highest BCUT2D eigenvalue weighted by Crippen LogP contribution is 2.41. The molecule has 29 heavy (non-hydrogen) atoms. The van der Waals surface area contributed by atoms with Gasteiger partial charge in [0.15, 0.2) is 5.60 Å². The first-order chi connectivity index (χ1) is 13.5. The highest BCUT2D eigenvalue weighted by atomic mass is 19.4. The molecule has 3 aromatic carbocycles. The summed E-state index contributed by atoms with van der Waals surface area (Å²) in [7, 11) is 0. The summed E-state index contributed by atoms with van der Waals surface area (Å²) in [6.07, 6.45) is -12.9. The van der Waals surface area contributed by atoms with Crippen LogP contribution in [0.25, 0.3) is 21.5 Å². The van der Waals surface area contributed by atoms with E-state index in [-0.39, 0.29) is 6.42 Å². The molecule has 0 spiro atoms. The maximum atomic E-state index is 12.7. The molecular formula is C20H13F6O3-. The van der Waals surface area contributed by atoms with Crippen molar-refractivity contribution in [1.82, 2.24) is 0 Å². The van der Waals surface area contributed by atoms with E-state index in [9.17, 15) is 36.2 Å². The Hall–Kier alpha value is -2.81. The minimum absolute atomic E-state index is 0.167. The van der Waals surface area contributed by atoms with Gasteiger partial charge in [-0.15, -0.1) is 0 Å². The van der Waals surface area contributed by atoms with Gasteiger partial charge in [0.1, 0.15) is 0 Å². The SMILES string of the molecule is O=C(OCCc1c2ccccc2cc2ccccc12)C([O-])(C(F)(F)F)C(F)(F)F. The predicted molar refractivity (Wildman–Crippen MR) is 91.0 cm³/mol. The molecule has 9 heteroatoms. The van der Waals surface area contributed by atoms with Gasteiger partial charge in [0.2, 0.25) is 0 Å². The topological polar surface area (TPSA) is 49.4 Å². The van der Waals surface area contributed by atoms with E-state index in [1.165, 1.54) is 0 Å². The van der Waals surface area contributed by atoms with Gasteiger partial charge >= 0.3 is 18.3 Å². The average Bonchev–Trinajstić information content (AvgIpc) is 2.64. The fourth-order valence-electron chi connectivity index (χ4n) is 3.12. The van der Waals surface area contributed by atoms with Crippen LogP contribution in [0.2, 0.25) is 0 Å². The van der Waals surface area contributed by atoms with E-state index in [0.29, 0.717) is 16.3 Å². The van der Waals surface area contributed by atoms with Crippen LogP contribution < -0.4 is 5.11 Å². The van der Waals surface area contributed by atoms with Gasteiger partial charge in [-0.25, -0.2) is 0 Å². The largest absolute Gasteiger partial charge is 0.828 e. The zero-order chi connectivity index (χ0) is 21.4. The molecular weight excluding hydrogens is 402 g/mol. The van der Waals surface area contributed by atoms with Gasteiger partial charge < -0.3 is 9.84 Å². The monoisotopic (exact) mass is 415 g/mol. The summed E-state index contributed by atoms with van der Waals surface area (Å²) >= 11 is 0. The Morgan fingerprint density at radius 1 is 0.828 bits per heavy atom. The Bertz CT molecular complexity index is 987. The number of carbonyl (C=O) groups excluding carboxylic acids is 1. The maximum Gasteiger partial charge on any atom is 0.399 e. The van der Waals surface area contributed by atoms with Crippen LogP contribution in [0.4, 0.5) is 26.3 Å². The van der Waals surface area contributed by atoms with E-state index in [1.54, 1.807) is 48.5 Å². The Kier molecular flexibility index (Phi) is 5.20.